The van der Waals surface area contributed by atoms with Gasteiger partial charge in [0.05, 0.1) is 19.2 Å². The SMILES string of the molecule is CCOc1ccc(CCCC(CC(=O)N(O)O)C(=O)N2CCN(OC(=O)OC(C)(C)C)[C@H](CC(C)C)C2)cc1. The van der Waals surface area contributed by atoms with Gasteiger partial charge in [0.1, 0.15) is 11.4 Å². The highest BCUT2D eigenvalue weighted by molar-refractivity contribution is 5.85. The lowest BCUT2D eigenvalue weighted by molar-refractivity contribution is -0.285. The van der Waals surface area contributed by atoms with Gasteiger partial charge in [-0.05, 0) is 77.0 Å². The molecule has 2 amide bonds. The average molecular weight is 552 g/mol. The zero-order valence-electron chi connectivity index (χ0n) is 24.1. The fourth-order valence-corrected chi connectivity index (χ4v) is 4.59. The van der Waals surface area contributed by atoms with E-state index in [9.17, 15) is 24.8 Å². The third kappa shape index (κ3) is 11.4. The number of hydroxylamine groups is 4. The summed E-state index contributed by atoms with van der Waals surface area (Å²) in [5.41, 5.74) is 0.382. The van der Waals surface area contributed by atoms with Gasteiger partial charge in [0.15, 0.2) is 0 Å². The molecule has 1 unspecified atom stereocenters. The minimum Gasteiger partial charge on any atom is -0.494 e. The molecule has 1 aromatic rings. The van der Waals surface area contributed by atoms with Crippen molar-refractivity contribution in [3.8, 4) is 5.75 Å². The van der Waals surface area contributed by atoms with Crippen molar-refractivity contribution >= 4 is 18.0 Å². The first kappa shape index (κ1) is 32.3. The van der Waals surface area contributed by atoms with Crippen LogP contribution in [0, 0.1) is 11.8 Å². The molecular weight excluding hydrogens is 506 g/mol. The van der Waals surface area contributed by atoms with Gasteiger partial charge in [-0.25, -0.2) is 4.79 Å². The summed E-state index contributed by atoms with van der Waals surface area (Å²) in [6.45, 7) is 12.8. The highest BCUT2D eigenvalue weighted by atomic mass is 16.8. The molecule has 0 spiro atoms. The number of piperazine rings is 1. The van der Waals surface area contributed by atoms with E-state index in [1.54, 1.807) is 30.7 Å². The summed E-state index contributed by atoms with van der Waals surface area (Å²) in [6, 6.07) is 7.48. The Labute approximate surface area is 231 Å². The number of aryl methyl sites for hydroxylation is 1. The van der Waals surface area contributed by atoms with Crippen LogP contribution in [-0.2, 0) is 25.6 Å². The van der Waals surface area contributed by atoms with Gasteiger partial charge in [0.25, 0.3) is 5.91 Å². The van der Waals surface area contributed by atoms with Gasteiger partial charge in [-0.1, -0.05) is 31.2 Å². The Morgan fingerprint density at radius 3 is 2.33 bits per heavy atom. The first-order valence-corrected chi connectivity index (χ1v) is 13.7. The highest BCUT2D eigenvalue weighted by Gasteiger charge is 2.36. The van der Waals surface area contributed by atoms with Gasteiger partial charge in [0, 0.05) is 25.4 Å². The van der Waals surface area contributed by atoms with E-state index in [4.69, 9.17) is 14.3 Å². The number of amides is 2. The summed E-state index contributed by atoms with van der Waals surface area (Å²) in [6.07, 6.45) is 1.29. The van der Waals surface area contributed by atoms with Gasteiger partial charge < -0.3 is 19.2 Å². The third-order valence-electron chi connectivity index (χ3n) is 6.31. The lowest BCUT2D eigenvalue weighted by Crippen LogP contribution is -2.56. The minimum absolute atomic E-state index is 0.234. The summed E-state index contributed by atoms with van der Waals surface area (Å²) >= 11 is 0. The van der Waals surface area contributed by atoms with E-state index >= 15 is 0 Å². The van der Waals surface area contributed by atoms with Crippen LogP contribution in [0.2, 0.25) is 0 Å². The summed E-state index contributed by atoms with van der Waals surface area (Å²) in [5.74, 6) is -0.835. The Balaban J connectivity index is 2.07. The number of rotatable bonds is 12. The Kier molecular flexibility index (Phi) is 12.5. The van der Waals surface area contributed by atoms with Gasteiger partial charge >= 0.3 is 6.16 Å². The van der Waals surface area contributed by atoms with E-state index in [0.717, 1.165) is 11.3 Å². The minimum atomic E-state index is -0.944. The second-order valence-corrected chi connectivity index (χ2v) is 11.3. The lowest BCUT2D eigenvalue weighted by atomic mass is 9.93. The van der Waals surface area contributed by atoms with Gasteiger partial charge in [-0.2, -0.15) is 0 Å². The molecule has 1 aliphatic heterocycles. The maximum Gasteiger partial charge on any atom is 0.528 e. The number of ether oxygens (including phenoxy) is 2. The Morgan fingerprint density at radius 1 is 1.10 bits per heavy atom. The maximum atomic E-state index is 13.6. The summed E-state index contributed by atoms with van der Waals surface area (Å²) in [7, 11) is 0. The van der Waals surface area contributed by atoms with Crippen molar-refractivity contribution in [3.05, 3.63) is 29.8 Å². The molecule has 0 bridgehead atoms. The van der Waals surface area contributed by atoms with Crippen LogP contribution in [-0.4, -0.2) is 81.5 Å². The van der Waals surface area contributed by atoms with Crippen LogP contribution < -0.4 is 4.74 Å². The van der Waals surface area contributed by atoms with E-state index in [0.29, 0.717) is 51.9 Å². The second kappa shape index (κ2) is 15.0. The van der Waals surface area contributed by atoms with Crippen molar-refractivity contribution in [1.82, 2.24) is 15.2 Å². The molecule has 2 rings (SSSR count). The number of carbonyl (C=O) groups is 3. The van der Waals surface area contributed by atoms with Crippen LogP contribution in [0.5, 0.6) is 5.75 Å². The zero-order valence-corrected chi connectivity index (χ0v) is 24.1. The van der Waals surface area contributed by atoms with Crippen molar-refractivity contribution < 1.29 is 39.1 Å². The van der Waals surface area contributed by atoms with Crippen LogP contribution in [0.1, 0.15) is 72.8 Å². The number of nitrogens with zero attached hydrogens (tertiary/aromatic N) is 3. The molecule has 0 saturated carbocycles. The standard InChI is InChI=1S/C28H45N3O8/c1-7-37-24-13-11-21(12-14-24)9-8-10-22(18-25(32)31(35)36)26(33)29-15-16-30(23(19-29)17-20(2)3)39-27(34)38-28(4,5)6/h11-14,20,22-23,35-36H,7-10,15-19H2,1-6H3/t22?,23-/m1/s1. The normalized spacial score (nSPS) is 17.1. The van der Waals surface area contributed by atoms with E-state index in [-0.39, 0.29) is 24.3 Å². The largest absolute Gasteiger partial charge is 0.528 e. The first-order chi connectivity index (χ1) is 18.3. The number of carbonyl (C=O) groups excluding carboxylic acids is 3. The molecule has 0 aliphatic carbocycles. The number of benzene rings is 1. The van der Waals surface area contributed by atoms with Gasteiger partial charge in [0.2, 0.25) is 5.91 Å². The van der Waals surface area contributed by atoms with Crippen LogP contribution in [0.25, 0.3) is 0 Å². The topological polar surface area (TPSA) is 129 Å². The van der Waals surface area contributed by atoms with E-state index in [1.807, 2.05) is 45.0 Å². The van der Waals surface area contributed by atoms with Crippen molar-refractivity contribution in [3.63, 3.8) is 0 Å². The van der Waals surface area contributed by atoms with Gasteiger partial charge in [-0.15, -0.1) is 5.06 Å². The van der Waals surface area contributed by atoms with E-state index in [1.165, 1.54) is 0 Å². The molecule has 0 radical (unpaired) electrons. The van der Waals surface area contributed by atoms with Crippen molar-refractivity contribution in [2.24, 2.45) is 11.8 Å². The molecule has 0 aromatic heterocycles. The molecule has 11 heteroatoms. The molecule has 2 atom stereocenters. The predicted octanol–water partition coefficient (Wildman–Crippen LogP) is 4.45. The summed E-state index contributed by atoms with van der Waals surface area (Å²) in [4.78, 5) is 45.2. The van der Waals surface area contributed by atoms with Crippen molar-refractivity contribution in [1.29, 1.82) is 0 Å². The lowest BCUT2D eigenvalue weighted by Gasteiger charge is -2.41. The van der Waals surface area contributed by atoms with Crippen LogP contribution in [0.3, 0.4) is 0 Å². The molecule has 11 nitrogen and oxygen atoms in total. The Morgan fingerprint density at radius 2 is 1.77 bits per heavy atom. The maximum absolute atomic E-state index is 13.6. The average Bonchev–Trinajstić information content (AvgIpc) is 2.83. The molecule has 1 heterocycles. The van der Waals surface area contributed by atoms with Crippen LogP contribution >= 0.6 is 0 Å². The first-order valence-electron chi connectivity index (χ1n) is 13.7. The number of hydrogen-bond acceptors (Lipinski definition) is 9. The molecule has 1 fully saturated rings. The molecule has 39 heavy (non-hydrogen) atoms. The highest BCUT2D eigenvalue weighted by Crippen LogP contribution is 2.24. The van der Waals surface area contributed by atoms with Crippen molar-refractivity contribution in [2.75, 3.05) is 26.2 Å². The smallest absolute Gasteiger partial charge is 0.494 e. The Bertz CT molecular complexity index is 930. The second-order valence-electron chi connectivity index (χ2n) is 11.3. The molecule has 220 valence electrons. The molecular formula is C28H45N3O8. The number of hydrogen-bond donors (Lipinski definition) is 2. The van der Waals surface area contributed by atoms with Gasteiger partial charge in [-0.3, -0.25) is 20.0 Å². The predicted molar refractivity (Wildman–Crippen MR) is 143 cm³/mol. The zero-order chi connectivity index (χ0) is 29.2. The Hall–Kier alpha value is -2.89. The molecule has 1 aromatic carbocycles. The summed E-state index contributed by atoms with van der Waals surface area (Å²) < 4.78 is 10.8. The summed E-state index contributed by atoms with van der Waals surface area (Å²) in [5, 5.41) is 19.5. The van der Waals surface area contributed by atoms with Crippen LogP contribution in [0.4, 0.5) is 4.79 Å². The van der Waals surface area contributed by atoms with Crippen molar-refractivity contribution in [2.45, 2.75) is 85.3 Å². The molecule has 1 saturated heterocycles. The quantitative estimate of drug-likeness (QED) is 0.220. The van der Waals surface area contributed by atoms with E-state index in [2.05, 4.69) is 0 Å². The fourth-order valence-electron chi connectivity index (χ4n) is 4.59. The monoisotopic (exact) mass is 551 g/mol. The molecule has 1 aliphatic rings. The van der Waals surface area contributed by atoms with E-state index < -0.39 is 28.8 Å². The fraction of sp³-hybridized carbons (Fsp3) is 0.679. The van der Waals surface area contributed by atoms with Crippen LogP contribution in [0.15, 0.2) is 24.3 Å². The third-order valence-corrected chi connectivity index (χ3v) is 6.31. The molecule has 2 N–H and O–H groups in total.